The smallest absolute Gasteiger partial charge is 0.314 e. The monoisotopic (exact) mass is 216 g/mol. The molecule has 0 saturated carbocycles. The third-order valence-electron chi connectivity index (χ3n) is 2.31. The molecular formula is C10H20N2O3. The lowest BCUT2D eigenvalue weighted by Gasteiger charge is -2.22. The molecule has 0 atom stereocenters. The highest BCUT2D eigenvalue weighted by molar-refractivity contribution is 5.74. The summed E-state index contributed by atoms with van der Waals surface area (Å²) in [5.41, 5.74) is 0.0735. The van der Waals surface area contributed by atoms with Gasteiger partial charge in [0.15, 0.2) is 0 Å². The van der Waals surface area contributed by atoms with Gasteiger partial charge in [0.05, 0.1) is 6.42 Å². The lowest BCUT2D eigenvalue weighted by Crippen LogP contribution is -2.41. The molecule has 0 rings (SSSR count). The average Bonchev–Trinajstić information content (AvgIpc) is 2.14. The predicted molar refractivity (Wildman–Crippen MR) is 57.7 cm³/mol. The normalized spacial score (nSPS) is 10.9. The lowest BCUT2D eigenvalue weighted by molar-refractivity contribution is -0.136. The van der Waals surface area contributed by atoms with Crippen molar-refractivity contribution in [3.63, 3.8) is 0 Å². The van der Waals surface area contributed by atoms with Gasteiger partial charge in [-0.15, -0.1) is 0 Å². The molecule has 5 nitrogen and oxygen atoms in total. The first-order chi connectivity index (χ1) is 6.87. The van der Waals surface area contributed by atoms with E-state index in [4.69, 9.17) is 5.11 Å². The number of hydrogen-bond donors (Lipinski definition) is 3. The molecule has 0 aliphatic rings. The molecule has 88 valence electrons. The van der Waals surface area contributed by atoms with Crippen LogP contribution in [0.1, 0.15) is 33.6 Å². The molecule has 15 heavy (non-hydrogen) atoms. The number of amides is 2. The van der Waals surface area contributed by atoms with Crippen molar-refractivity contribution in [2.24, 2.45) is 5.41 Å². The van der Waals surface area contributed by atoms with Crippen molar-refractivity contribution in [1.29, 1.82) is 0 Å². The first-order valence-corrected chi connectivity index (χ1v) is 5.11. The Hall–Kier alpha value is -1.26. The molecule has 0 bridgehead atoms. The van der Waals surface area contributed by atoms with Gasteiger partial charge in [0.25, 0.3) is 0 Å². The molecule has 0 saturated heterocycles. The number of carbonyl (C=O) groups is 2. The minimum atomic E-state index is -0.913. The van der Waals surface area contributed by atoms with E-state index in [9.17, 15) is 9.59 Å². The van der Waals surface area contributed by atoms with Gasteiger partial charge in [-0.2, -0.15) is 0 Å². The van der Waals surface area contributed by atoms with Gasteiger partial charge in [-0.3, -0.25) is 4.79 Å². The molecule has 0 spiro atoms. The van der Waals surface area contributed by atoms with Crippen LogP contribution in [0.3, 0.4) is 0 Å². The maximum atomic E-state index is 11.2. The molecule has 0 aliphatic carbocycles. The van der Waals surface area contributed by atoms with Crippen molar-refractivity contribution < 1.29 is 14.7 Å². The fraction of sp³-hybridized carbons (Fsp3) is 0.800. The minimum absolute atomic E-state index is 0.0510. The summed E-state index contributed by atoms with van der Waals surface area (Å²) in [5.74, 6) is -0.913. The Bertz CT molecular complexity index is 227. The number of carboxylic acid groups (broad SMARTS) is 1. The van der Waals surface area contributed by atoms with E-state index in [0.717, 1.165) is 6.42 Å². The van der Waals surface area contributed by atoms with Crippen LogP contribution in [-0.4, -0.2) is 30.2 Å². The second-order valence-electron chi connectivity index (χ2n) is 4.27. The van der Waals surface area contributed by atoms with Gasteiger partial charge in [-0.1, -0.05) is 20.8 Å². The van der Waals surface area contributed by atoms with Gasteiger partial charge < -0.3 is 15.7 Å². The molecule has 0 radical (unpaired) electrons. The fourth-order valence-corrected chi connectivity index (χ4v) is 0.790. The van der Waals surface area contributed by atoms with Crippen LogP contribution in [0.15, 0.2) is 0 Å². The summed E-state index contributed by atoms with van der Waals surface area (Å²) in [6.07, 6.45) is 0.924. The Morgan fingerprint density at radius 1 is 1.27 bits per heavy atom. The van der Waals surface area contributed by atoms with Crippen LogP contribution >= 0.6 is 0 Å². The highest BCUT2D eigenvalue weighted by atomic mass is 16.4. The van der Waals surface area contributed by atoms with E-state index in [1.165, 1.54) is 0 Å². The van der Waals surface area contributed by atoms with Gasteiger partial charge in [-0.25, -0.2) is 4.79 Å². The van der Waals surface area contributed by atoms with Gasteiger partial charge >= 0.3 is 12.0 Å². The minimum Gasteiger partial charge on any atom is -0.481 e. The summed E-state index contributed by atoms with van der Waals surface area (Å²) in [6, 6.07) is -0.308. The van der Waals surface area contributed by atoms with E-state index in [0.29, 0.717) is 6.54 Å². The largest absolute Gasteiger partial charge is 0.481 e. The van der Waals surface area contributed by atoms with Gasteiger partial charge in [0.1, 0.15) is 0 Å². The van der Waals surface area contributed by atoms with Crippen molar-refractivity contribution in [3.05, 3.63) is 0 Å². The SMILES string of the molecule is CCC(C)(C)CNC(=O)NCCC(=O)O. The second-order valence-corrected chi connectivity index (χ2v) is 4.27. The Kier molecular flexibility index (Phi) is 5.74. The average molecular weight is 216 g/mol. The van der Waals surface area contributed by atoms with E-state index >= 15 is 0 Å². The molecule has 0 heterocycles. The van der Waals surface area contributed by atoms with E-state index < -0.39 is 5.97 Å². The number of rotatable bonds is 6. The Balaban J connectivity index is 3.62. The van der Waals surface area contributed by atoms with E-state index in [-0.39, 0.29) is 24.4 Å². The number of urea groups is 1. The van der Waals surface area contributed by atoms with Gasteiger partial charge in [0.2, 0.25) is 0 Å². The zero-order valence-corrected chi connectivity index (χ0v) is 9.59. The molecule has 0 aromatic carbocycles. The third-order valence-corrected chi connectivity index (χ3v) is 2.31. The van der Waals surface area contributed by atoms with Crippen molar-refractivity contribution in [1.82, 2.24) is 10.6 Å². The number of aliphatic carboxylic acids is 1. The third kappa shape index (κ3) is 7.78. The van der Waals surface area contributed by atoms with Crippen molar-refractivity contribution >= 4 is 12.0 Å². The maximum Gasteiger partial charge on any atom is 0.314 e. The highest BCUT2D eigenvalue weighted by Gasteiger charge is 2.15. The van der Waals surface area contributed by atoms with Crippen LogP contribution < -0.4 is 10.6 Å². The highest BCUT2D eigenvalue weighted by Crippen LogP contribution is 2.17. The first kappa shape index (κ1) is 13.7. The molecule has 0 aromatic heterocycles. The number of carboxylic acids is 1. The molecule has 0 unspecified atom stereocenters. The van der Waals surface area contributed by atoms with E-state index in [1.54, 1.807) is 0 Å². The van der Waals surface area contributed by atoms with Gasteiger partial charge in [-0.05, 0) is 11.8 Å². The molecule has 3 N–H and O–H groups in total. The number of carbonyl (C=O) groups excluding carboxylic acids is 1. The molecule has 2 amide bonds. The Morgan fingerprint density at radius 2 is 1.87 bits per heavy atom. The molecule has 0 aromatic rings. The zero-order chi connectivity index (χ0) is 11.9. The summed E-state index contributed by atoms with van der Waals surface area (Å²) in [7, 11) is 0. The molecular weight excluding hydrogens is 196 g/mol. The molecule has 0 fully saturated rings. The second kappa shape index (κ2) is 6.27. The Morgan fingerprint density at radius 3 is 2.33 bits per heavy atom. The van der Waals surface area contributed by atoms with Crippen LogP contribution in [0, 0.1) is 5.41 Å². The Labute approximate surface area is 90.2 Å². The summed E-state index contributed by atoms with van der Waals surface area (Å²) >= 11 is 0. The number of nitrogens with one attached hydrogen (secondary N) is 2. The summed E-state index contributed by atoms with van der Waals surface area (Å²) < 4.78 is 0. The topological polar surface area (TPSA) is 78.4 Å². The summed E-state index contributed by atoms with van der Waals surface area (Å²) in [5, 5.41) is 13.5. The van der Waals surface area contributed by atoms with Crippen molar-refractivity contribution in [2.75, 3.05) is 13.1 Å². The van der Waals surface area contributed by atoms with Crippen LogP contribution in [0.2, 0.25) is 0 Å². The zero-order valence-electron chi connectivity index (χ0n) is 9.59. The summed E-state index contributed by atoms with van der Waals surface area (Å²) in [6.45, 7) is 6.93. The van der Waals surface area contributed by atoms with Crippen LogP contribution in [0.25, 0.3) is 0 Å². The van der Waals surface area contributed by atoms with Crippen molar-refractivity contribution in [3.8, 4) is 0 Å². The maximum absolute atomic E-state index is 11.2. The van der Waals surface area contributed by atoms with E-state index in [2.05, 4.69) is 31.4 Å². The standard InChI is InChI=1S/C10H20N2O3/c1-4-10(2,3)7-12-9(15)11-6-5-8(13)14/h4-7H2,1-3H3,(H,13,14)(H2,11,12,15). The number of hydrogen-bond acceptors (Lipinski definition) is 2. The van der Waals surface area contributed by atoms with Crippen LogP contribution in [0.5, 0.6) is 0 Å². The van der Waals surface area contributed by atoms with Crippen LogP contribution in [-0.2, 0) is 4.79 Å². The first-order valence-electron chi connectivity index (χ1n) is 5.11. The molecule has 0 aliphatic heterocycles. The van der Waals surface area contributed by atoms with E-state index in [1.807, 2.05) is 0 Å². The summed E-state index contributed by atoms with van der Waals surface area (Å²) in [4.78, 5) is 21.3. The van der Waals surface area contributed by atoms with Gasteiger partial charge in [0, 0.05) is 13.1 Å². The predicted octanol–water partition coefficient (Wildman–Crippen LogP) is 1.20. The molecule has 5 heteroatoms. The quantitative estimate of drug-likeness (QED) is 0.624. The van der Waals surface area contributed by atoms with Crippen LogP contribution in [0.4, 0.5) is 4.79 Å². The van der Waals surface area contributed by atoms with Crippen molar-refractivity contribution in [2.45, 2.75) is 33.6 Å². The lowest BCUT2D eigenvalue weighted by atomic mass is 9.90. The fourth-order valence-electron chi connectivity index (χ4n) is 0.790.